The van der Waals surface area contributed by atoms with Gasteiger partial charge in [0.1, 0.15) is 0 Å². The predicted molar refractivity (Wildman–Crippen MR) is 93.5 cm³/mol. The zero-order chi connectivity index (χ0) is 16.5. The van der Waals surface area contributed by atoms with Gasteiger partial charge in [0.15, 0.2) is 0 Å². The van der Waals surface area contributed by atoms with Crippen LogP contribution in [-0.4, -0.2) is 54.4 Å². The average Bonchev–Trinajstić information content (AvgIpc) is 2.57. The summed E-state index contributed by atoms with van der Waals surface area (Å²) in [4.78, 5) is 14.6. The molecule has 1 unspecified atom stereocenters. The number of rotatable bonds is 7. The molecule has 5 heteroatoms. The number of nitrogens with one attached hydrogen (secondary N) is 2. The molecule has 0 aromatic heterocycles. The Hall–Kier alpha value is -0.810. The first kappa shape index (κ1) is 18.5. The van der Waals surface area contributed by atoms with Crippen LogP contribution in [0.5, 0.6) is 0 Å². The smallest absolute Gasteiger partial charge is 0.315 e. The van der Waals surface area contributed by atoms with E-state index in [1.54, 1.807) is 0 Å². The van der Waals surface area contributed by atoms with Crippen molar-refractivity contribution in [2.24, 2.45) is 5.92 Å². The lowest BCUT2D eigenvalue weighted by Gasteiger charge is -2.35. The van der Waals surface area contributed by atoms with E-state index in [9.17, 15) is 4.79 Å². The largest absolute Gasteiger partial charge is 0.396 e. The summed E-state index contributed by atoms with van der Waals surface area (Å²) >= 11 is 0. The molecule has 5 nitrogen and oxygen atoms in total. The molecule has 1 saturated heterocycles. The van der Waals surface area contributed by atoms with Gasteiger partial charge in [-0.05, 0) is 44.4 Å². The lowest BCUT2D eigenvalue weighted by atomic mass is 9.88. The normalized spacial score (nSPS) is 22.7. The summed E-state index contributed by atoms with van der Waals surface area (Å²) < 4.78 is 0. The second-order valence-electron chi connectivity index (χ2n) is 7.31. The maximum Gasteiger partial charge on any atom is 0.315 e. The molecule has 0 aromatic rings. The number of amides is 2. The molecule has 2 aliphatic rings. The third-order valence-electron chi connectivity index (χ3n) is 5.47. The van der Waals surface area contributed by atoms with Crippen molar-refractivity contribution in [3.63, 3.8) is 0 Å². The Bertz CT molecular complexity index is 337. The number of hydrogen-bond acceptors (Lipinski definition) is 3. The van der Waals surface area contributed by atoms with Crippen molar-refractivity contribution >= 4 is 6.03 Å². The van der Waals surface area contributed by atoms with Crippen molar-refractivity contribution in [1.29, 1.82) is 0 Å². The second-order valence-corrected chi connectivity index (χ2v) is 7.31. The molecule has 3 N–H and O–H groups in total. The van der Waals surface area contributed by atoms with Crippen LogP contribution in [0.2, 0.25) is 0 Å². The molecular formula is C18H35N3O2. The predicted octanol–water partition coefficient (Wildman–Crippen LogP) is 2.49. The van der Waals surface area contributed by atoms with Crippen molar-refractivity contribution < 1.29 is 9.90 Å². The highest BCUT2D eigenvalue weighted by atomic mass is 16.3. The minimum Gasteiger partial charge on any atom is -0.396 e. The van der Waals surface area contributed by atoms with E-state index < -0.39 is 0 Å². The van der Waals surface area contributed by atoms with Crippen molar-refractivity contribution in [2.45, 2.75) is 76.8 Å². The highest BCUT2D eigenvalue weighted by Gasteiger charge is 2.24. The van der Waals surface area contributed by atoms with Gasteiger partial charge in [0.05, 0.1) is 0 Å². The molecule has 2 amide bonds. The number of likely N-dealkylation sites (tertiary alicyclic amines) is 1. The summed E-state index contributed by atoms with van der Waals surface area (Å²) in [5.74, 6) is 0.903. The number of carbonyl (C=O) groups excluding carboxylic acids is 1. The standard InChI is InChI=1S/C18H35N3O2/c1-2-16(10-13-22)19-18(23)20-17-8-11-21(12-9-17)14-15-6-4-3-5-7-15/h15-17,22H,2-14H2,1H3,(H2,19,20,23). The van der Waals surface area contributed by atoms with Gasteiger partial charge in [0.2, 0.25) is 0 Å². The molecule has 1 aliphatic heterocycles. The van der Waals surface area contributed by atoms with Crippen LogP contribution in [0, 0.1) is 5.92 Å². The first-order valence-corrected chi connectivity index (χ1v) is 9.61. The Morgan fingerprint density at radius 3 is 2.48 bits per heavy atom. The fourth-order valence-electron chi connectivity index (χ4n) is 3.94. The van der Waals surface area contributed by atoms with E-state index in [1.807, 2.05) is 6.92 Å². The molecule has 2 fully saturated rings. The molecule has 0 bridgehead atoms. The zero-order valence-electron chi connectivity index (χ0n) is 14.7. The Morgan fingerprint density at radius 1 is 1.17 bits per heavy atom. The van der Waals surface area contributed by atoms with Crippen molar-refractivity contribution in [3.8, 4) is 0 Å². The van der Waals surface area contributed by atoms with Crippen LogP contribution in [0.25, 0.3) is 0 Å². The molecule has 23 heavy (non-hydrogen) atoms. The van der Waals surface area contributed by atoms with Crippen LogP contribution in [0.15, 0.2) is 0 Å². The van der Waals surface area contributed by atoms with Crippen molar-refractivity contribution in [2.75, 3.05) is 26.2 Å². The van der Waals surface area contributed by atoms with E-state index in [4.69, 9.17) is 5.11 Å². The molecular weight excluding hydrogens is 290 g/mol. The molecule has 0 radical (unpaired) electrons. The zero-order valence-corrected chi connectivity index (χ0v) is 14.7. The number of piperidine rings is 1. The van der Waals surface area contributed by atoms with Crippen LogP contribution in [0.1, 0.15) is 64.7 Å². The maximum atomic E-state index is 12.0. The highest BCUT2D eigenvalue weighted by molar-refractivity contribution is 5.74. The molecule has 0 aromatic carbocycles. The van der Waals surface area contributed by atoms with E-state index in [-0.39, 0.29) is 18.7 Å². The summed E-state index contributed by atoms with van der Waals surface area (Å²) in [6.45, 7) is 5.63. The Labute approximate surface area is 141 Å². The van der Waals surface area contributed by atoms with Gasteiger partial charge in [0, 0.05) is 38.3 Å². The minimum absolute atomic E-state index is 0.0731. The third-order valence-corrected chi connectivity index (χ3v) is 5.47. The second kappa shape index (κ2) is 10.1. The van der Waals surface area contributed by atoms with Crippen molar-refractivity contribution in [1.82, 2.24) is 15.5 Å². The van der Waals surface area contributed by atoms with E-state index in [0.717, 1.165) is 38.3 Å². The van der Waals surface area contributed by atoms with Crippen LogP contribution in [0.4, 0.5) is 4.79 Å². The van der Waals surface area contributed by atoms with Crippen LogP contribution >= 0.6 is 0 Å². The van der Waals surface area contributed by atoms with Crippen molar-refractivity contribution in [3.05, 3.63) is 0 Å². The van der Waals surface area contributed by atoms with Gasteiger partial charge in [-0.3, -0.25) is 0 Å². The van der Waals surface area contributed by atoms with Gasteiger partial charge in [0.25, 0.3) is 0 Å². The lowest BCUT2D eigenvalue weighted by Crippen LogP contribution is -2.50. The fourth-order valence-corrected chi connectivity index (χ4v) is 3.94. The molecule has 134 valence electrons. The van der Waals surface area contributed by atoms with E-state index in [1.165, 1.54) is 38.6 Å². The molecule has 0 spiro atoms. The van der Waals surface area contributed by atoms with E-state index >= 15 is 0 Å². The number of aliphatic hydroxyl groups excluding tert-OH is 1. The molecule has 1 saturated carbocycles. The number of aliphatic hydroxyl groups is 1. The third kappa shape index (κ3) is 6.68. The molecule has 2 rings (SSSR count). The van der Waals surface area contributed by atoms with Gasteiger partial charge in [-0.15, -0.1) is 0 Å². The van der Waals surface area contributed by atoms with E-state index in [0.29, 0.717) is 12.5 Å². The summed E-state index contributed by atoms with van der Waals surface area (Å²) in [6.07, 6.45) is 10.6. The van der Waals surface area contributed by atoms with E-state index in [2.05, 4.69) is 15.5 Å². The van der Waals surface area contributed by atoms with Crippen LogP contribution in [0.3, 0.4) is 0 Å². The number of carbonyl (C=O) groups is 1. The molecule has 1 atom stereocenters. The average molecular weight is 325 g/mol. The molecule has 1 heterocycles. The Kier molecular flexibility index (Phi) is 8.17. The maximum absolute atomic E-state index is 12.0. The first-order valence-electron chi connectivity index (χ1n) is 9.61. The molecule has 1 aliphatic carbocycles. The van der Waals surface area contributed by atoms with Gasteiger partial charge in [-0.1, -0.05) is 26.2 Å². The quantitative estimate of drug-likeness (QED) is 0.674. The topological polar surface area (TPSA) is 64.6 Å². The first-order chi connectivity index (χ1) is 11.2. The monoisotopic (exact) mass is 325 g/mol. The summed E-state index contributed by atoms with van der Waals surface area (Å²) in [5, 5.41) is 15.1. The summed E-state index contributed by atoms with van der Waals surface area (Å²) in [6, 6.07) is 0.298. The van der Waals surface area contributed by atoms with Gasteiger partial charge in [-0.2, -0.15) is 0 Å². The highest BCUT2D eigenvalue weighted by Crippen LogP contribution is 2.25. The van der Waals surface area contributed by atoms with Gasteiger partial charge < -0.3 is 20.6 Å². The SMILES string of the molecule is CCC(CCO)NC(=O)NC1CCN(CC2CCCCC2)CC1. The summed E-state index contributed by atoms with van der Waals surface area (Å²) in [5.41, 5.74) is 0. The minimum atomic E-state index is -0.0731. The fraction of sp³-hybridized carbons (Fsp3) is 0.944. The lowest BCUT2D eigenvalue weighted by molar-refractivity contribution is 0.155. The number of nitrogens with zero attached hydrogens (tertiary/aromatic N) is 1. The summed E-state index contributed by atoms with van der Waals surface area (Å²) in [7, 11) is 0. The van der Waals surface area contributed by atoms with Crippen LogP contribution < -0.4 is 10.6 Å². The van der Waals surface area contributed by atoms with Crippen LogP contribution in [-0.2, 0) is 0 Å². The van der Waals surface area contributed by atoms with Gasteiger partial charge in [-0.25, -0.2) is 4.79 Å². The number of hydrogen-bond donors (Lipinski definition) is 3. The van der Waals surface area contributed by atoms with Gasteiger partial charge >= 0.3 is 6.03 Å². The Morgan fingerprint density at radius 2 is 1.87 bits per heavy atom. The number of urea groups is 1. The Balaban J connectivity index is 1.62.